The number of nitrogens with one attached hydrogen (secondary N) is 1. The highest BCUT2D eigenvalue weighted by atomic mass is 35.5. The predicted octanol–water partition coefficient (Wildman–Crippen LogP) is 3.24. The molecule has 0 amide bonds. The van der Waals surface area contributed by atoms with Gasteiger partial charge in [0, 0.05) is 16.8 Å². The van der Waals surface area contributed by atoms with Gasteiger partial charge in [0.1, 0.15) is 6.54 Å². The summed E-state index contributed by atoms with van der Waals surface area (Å²) in [6, 6.07) is 14.9. The summed E-state index contributed by atoms with van der Waals surface area (Å²) in [4.78, 5) is 19.7. The molecule has 4 rings (SSSR count). The zero-order valence-electron chi connectivity index (χ0n) is 15.8. The summed E-state index contributed by atoms with van der Waals surface area (Å²) in [6.07, 6.45) is 1.57. The first-order chi connectivity index (χ1) is 14.5. The number of halogens is 1. The van der Waals surface area contributed by atoms with Crippen LogP contribution in [0.15, 0.2) is 54.7 Å². The third kappa shape index (κ3) is 4.11. The molecule has 0 fully saturated rings. The lowest BCUT2D eigenvalue weighted by atomic mass is 10.1. The summed E-state index contributed by atoms with van der Waals surface area (Å²) < 4.78 is 1.57. The highest BCUT2D eigenvalue weighted by molar-refractivity contribution is 6.30. The van der Waals surface area contributed by atoms with Crippen molar-refractivity contribution in [3.05, 3.63) is 65.3 Å². The fourth-order valence-electron chi connectivity index (χ4n) is 2.83. The Labute approximate surface area is 176 Å². The van der Waals surface area contributed by atoms with Crippen LogP contribution < -0.4 is 5.32 Å². The van der Waals surface area contributed by atoms with E-state index < -0.39 is 5.97 Å². The second-order valence-electron chi connectivity index (χ2n) is 6.46. The molecule has 0 aliphatic carbocycles. The third-order valence-electron chi connectivity index (χ3n) is 4.29. The molecule has 0 spiro atoms. The van der Waals surface area contributed by atoms with Crippen LogP contribution in [0.2, 0.25) is 5.02 Å². The van der Waals surface area contributed by atoms with E-state index in [0.29, 0.717) is 22.1 Å². The Morgan fingerprint density at radius 3 is 2.57 bits per heavy atom. The minimum atomic E-state index is -1.01. The molecule has 2 aromatic heterocycles. The number of aliphatic carboxylic acids is 1. The lowest BCUT2D eigenvalue weighted by Gasteiger charge is -2.11. The quantitative estimate of drug-likeness (QED) is 0.487. The van der Waals surface area contributed by atoms with Crippen molar-refractivity contribution in [2.45, 2.75) is 6.92 Å². The van der Waals surface area contributed by atoms with Gasteiger partial charge in [-0.15, -0.1) is 5.10 Å². The second-order valence-corrected chi connectivity index (χ2v) is 6.90. The van der Waals surface area contributed by atoms with Crippen LogP contribution in [0.4, 0.5) is 5.95 Å². The Balaban J connectivity index is 1.84. The van der Waals surface area contributed by atoms with Crippen molar-refractivity contribution in [3.63, 3.8) is 0 Å². The van der Waals surface area contributed by atoms with Gasteiger partial charge in [0.15, 0.2) is 5.82 Å². The number of tetrazole rings is 1. The number of nitrogens with zero attached hydrogens (tertiary/aromatic N) is 6. The normalized spacial score (nSPS) is 10.7. The van der Waals surface area contributed by atoms with Crippen LogP contribution in [0.3, 0.4) is 0 Å². The smallest absolute Gasteiger partial charge is 0.322 e. The first kappa shape index (κ1) is 19.5. The highest BCUT2D eigenvalue weighted by Gasteiger charge is 2.19. The van der Waals surface area contributed by atoms with Gasteiger partial charge in [0.25, 0.3) is 0 Å². The van der Waals surface area contributed by atoms with Crippen LogP contribution in [0, 0.1) is 6.92 Å². The SMILES string of the molecule is Cc1ccc(-c2nc(NCC(=O)O)ncc2-c2nnnn2-c2ccc(Cl)cc2)cc1. The standard InChI is InChI=1S/C20H16ClN7O2/c1-12-2-4-13(5-3-12)18-16(10-22-20(24-18)23-11-17(29)30)19-25-26-27-28(19)15-8-6-14(21)7-9-15/h2-10H,11H2,1H3,(H,29,30)(H,22,23,24). The summed E-state index contributed by atoms with van der Waals surface area (Å²) in [7, 11) is 0. The number of rotatable bonds is 6. The van der Waals surface area contributed by atoms with E-state index in [-0.39, 0.29) is 12.5 Å². The van der Waals surface area contributed by atoms with E-state index in [4.69, 9.17) is 16.7 Å². The van der Waals surface area contributed by atoms with Gasteiger partial charge in [-0.1, -0.05) is 41.4 Å². The molecule has 0 aliphatic rings. The first-order valence-corrected chi connectivity index (χ1v) is 9.33. The van der Waals surface area contributed by atoms with Gasteiger partial charge < -0.3 is 10.4 Å². The Morgan fingerprint density at radius 1 is 1.13 bits per heavy atom. The molecule has 0 saturated heterocycles. The molecule has 0 saturated carbocycles. The lowest BCUT2D eigenvalue weighted by Crippen LogP contribution is -2.14. The van der Waals surface area contributed by atoms with Crippen molar-refractivity contribution < 1.29 is 9.90 Å². The third-order valence-corrected chi connectivity index (χ3v) is 4.55. The maximum atomic E-state index is 10.9. The van der Waals surface area contributed by atoms with Crippen LogP contribution in [0.25, 0.3) is 28.3 Å². The lowest BCUT2D eigenvalue weighted by molar-refractivity contribution is -0.134. The number of hydrogen-bond acceptors (Lipinski definition) is 7. The van der Waals surface area contributed by atoms with Gasteiger partial charge in [-0.05, 0) is 41.6 Å². The van der Waals surface area contributed by atoms with Gasteiger partial charge in [0.05, 0.1) is 16.9 Å². The van der Waals surface area contributed by atoms with E-state index in [1.807, 2.05) is 31.2 Å². The second kappa shape index (κ2) is 8.26. The topological polar surface area (TPSA) is 119 Å². The monoisotopic (exact) mass is 421 g/mol. The Kier molecular flexibility index (Phi) is 5.36. The number of carboxylic acid groups (broad SMARTS) is 1. The zero-order valence-corrected chi connectivity index (χ0v) is 16.6. The van der Waals surface area contributed by atoms with Gasteiger partial charge >= 0.3 is 5.97 Å². The molecule has 2 N–H and O–H groups in total. The zero-order chi connectivity index (χ0) is 21.1. The summed E-state index contributed by atoms with van der Waals surface area (Å²) >= 11 is 5.99. The minimum Gasteiger partial charge on any atom is -0.480 e. The first-order valence-electron chi connectivity index (χ1n) is 8.96. The number of aromatic nitrogens is 6. The molecular weight excluding hydrogens is 406 g/mol. The molecule has 0 aliphatic heterocycles. The summed E-state index contributed by atoms with van der Waals surface area (Å²) in [6.45, 7) is 1.70. The minimum absolute atomic E-state index is 0.197. The summed E-state index contributed by atoms with van der Waals surface area (Å²) in [5.74, 6) is -0.369. The maximum Gasteiger partial charge on any atom is 0.322 e. The molecule has 150 valence electrons. The van der Waals surface area contributed by atoms with Gasteiger partial charge in [-0.2, -0.15) is 4.68 Å². The van der Waals surface area contributed by atoms with Crippen LogP contribution >= 0.6 is 11.6 Å². The van der Waals surface area contributed by atoms with Crippen molar-refractivity contribution in [2.24, 2.45) is 0 Å². The van der Waals surface area contributed by atoms with Crippen molar-refractivity contribution in [1.29, 1.82) is 0 Å². The molecular formula is C20H16ClN7O2. The molecule has 2 heterocycles. The number of anilines is 1. The average Bonchev–Trinajstić information content (AvgIpc) is 3.23. The fraction of sp³-hybridized carbons (Fsp3) is 0.100. The molecule has 0 radical (unpaired) electrons. The molecule has 0 atom stereocenters. The molecule has 2 aromatic carbocycles. The largest absolute Gasteiger partial charge is 0.480 e. The van der Waals surface area contributed by atoms with Crippen LogP contribution in [0.5, 0.6) is 0 Å². The Morgan fingerprint density at radius 2 is 1.87 bits per heavy atom. The van der Waals surface area contributed by atoms with E-state index in [9.17, 15) is 4.79 Å². The Hall–Kier alpha value is -3.85. The van der Waals surface area contributed by atoms with Crippen molar-refractivity contribution in [1.82, 2.24) is 30.2 Å². The van der Waals surface area contributed by atoms with E-state index in [2.05, 4.69) is 30.8 Å². The molecule has 30 heavy (non-hydrogen) atoms. The fourth-order valence-corrected chi connectivity index (χ4v) is 2.95. The number of carbonyl (C=O) groups is 1. The van der Waals surface area contributed by atoms with Crippen LogP contribution in [-0.2, 0) is 4.79 Å². The van der Waals surface area contributed by atoms with Crippen molar-refractivity contribution in [2.75, 3.05) is 11.9 Å². The number of aryl methyl sites for hydroxylation is 1. The average molecular weight is 422 g/mol. The highest BCUT2D eigenvalue weighted by Crippen LogP contribution is 2.30. The molecule has 9 nitrogen and oxygen atoms in total. The summed E-state index contributed by atoms with van der Waals surface area (Å²) in [5.41, 5.74) is 3.82. The van der Waals surface area contributed by atoms with Crippen molar-refractivity contribution in [3.8, 4) is 28.3 Å². The van der Waals surface area contributed by atoms with Gasteiger partial charge in [-0.25, -0.2) is 9.97 Å². The summed E-state index contributed by atoms with van der Waals surface area (Å²) in [5, 5.41) is 24.3. The van der Waals surface area contributed by atoms with E-state index in [1.54, 1.807) is 35.1 Å². The molecule has 4 aromatic rings. The number of benzene rings is 2. The number of carboxylic acids is 1. The van der Waals surface area contributed by atoms with E-state index in [1.165, 1.54) is 0 Å². The predicted molar refractivity (Wildman–Crippen MR) is 111 cm³/mol. The maximum absolute atomic E-state index is 10.9. The van der Waals surface area contributed by atoms with Crippen LogP contribution in [-0.4, -0.2) is 47.8 Å². The molecule has 10 heteroatoms. The van der Waals surface area contributed by atoms with Gasteiger partial charge in [-0.3, -0.25) is 4.79 Å². The van der Waals surface area contributed by atoms with E-state index >= 15 is 0 Å². The Bertz CT molecular complexity index is 1190. The molecule has 0 bridgehead atoms. The van der Waals surface area contributed by atoms with Crippen molar-refractivity contribution >= 4 is 23.5 Å². The van der Waals surface area contributed by atoms with Crippen LogP contribution in [0.1, 0.15) is 5.56 Å². The van der Waals surface area contributed by atoms with E-state index in [0.717, 1.165) is 16.8 Å². The number of hydrogen-bond donors (Lipinski definition) is 2. The van der Waals surface area contributed by atoms with Gasteiger partial charge in [0.2, 0.25) is 5.95 Å². The molecule has 0 unspecified atom stereocenters.